The molecule has 1 amide bonds. The first-order valence-corrected chi connectivity index (χ1v) is 9.50. The number of aliphatic imine (C=N–C) groups is 1. The molecule has 1 aliphatic rings. The molecule has 0 aromatic carbocycles. The summed E-state index contributed by atoms with van der Waals surface area (Å²) < 4.78 is 10.6. The number of carbonyl (C=O) groups excluding carboxylic acids is 2. The third kappa shape index (κ3) is 5.30. The topological polar surface area (TPSA) is 124 Å². The molecule has 0 saturated carbocycles. The highest BCUT2D eigenvalue weighted by atomic mass is 32.2. The second kappa shape index (κ2) is 9.01. The fourth-order valence-electron chi connectivity index (χ4n) is 2.46. The average Bonchev–Trinajstić information content (AvgIpc) is 3.03. The lowest BCUT2D eigenvalue weighted by Gasteiger charge is -2.24. The number of amides is 1. The number of carbonyl (C=O) groups is 2. The molecule has 0 spiro atoms. The van der Waals surface area contributed by atoms with E-state index >= 15 is 0 Å². The van der Waals surface area contributed by atoms with Gasteiger partial charge in [0.05, 0.1) is 12.1 Å². The van der Waals surface area contributed by atoms with Gasteiger partial charge in [0, 0.05) is 18.7 Å². The molecule has 9 heteroatoms. The third-order valence-corrected chi connectivity index (χ3v) is 5.02. The molecule has 3 N–H and O–H groups in total. The maximum atomic E-state index is 12.7. The average molecular weight is 393 g/mol. The van der Waals surface area contributed by atoms with Crippen LogP contribution in [-0.4, -0.2) is 34.8 Å². The molecule has 0 fully saturated rings. The second-order valence-corrected chi connectivity index (χ2v) is 7.08. The molecule has 0 unspecified atom stereocenters. The summed E-state index contributed by atoms with van der Waals surface area (Å²) >= 11 is 1.15. The van der Waals surface area contributed by atoms with Crippen LogP contribution in [0, 0.1) is 0 Å². The van der Waals surface area contributed by atoms with Crippen LogP contribution in [0.2, 0.25) is 0 Å². The first-order chi connectivity index (χ1) is 12.8. The Hall–Kier alpha value is -2.39. The monoisotopic (exact) mass is 393 g/mol. The van der Waals surface area contributed by atoms with Gasteiger partial charge in [0.2, 0.25) is 0 Å². The van der Waals surface area contributed by atoms with Crippen LogP contribution in [0.1, 0.15) is 38.5 Å². The minimum absolute atomic E-state index is 0.166. The third-order valence-electron chi connectivity index (χ3n) is 3.78. The molecular formula is C18H23N3O5S. The van der Waals surface area contributed by atoms with Crippen LogP contribution < -0.4 is 21.4 Å². The maximum absolute atomic E-state index is 12.7. The molecule has 0 saturated heterocycles. The van der Waals surface area contributed by atoms with Gasteiger partial charge in [0.1, 0.15) is 23.2 Å². The SMILES string of the molecule is C=CCOc1cc([C@@H](CCC)NC(=O)[C@]2(N)CSC(C(C)=O)=N2)oc(=O)c1. The van der Waals surface area contributed by atoms with Crippen molar-refractivity contribution in [2.45, 2.75) is 38.4 Å². The lowest BCUT2D eigenvalue weighted by Crippen LogP contribution is -2.54. The van der Waals surface area contributed by atoms with Crippen molar-refractivity contribution in [3.63, 3.8) is 0 Å². The van der Waals surface area contributed by atoms with Gasteiger partial charge >= 0.3 is 5.63 Å². The fraction of sp³-hybridized carbons (Fsp3) is 0.444. The number of hydrogen-bond donors (Lipinski definition) is 2. The largest absolute Gasteiger partial charge is 0.489 e. The predicted molar refractivity (Wildman–Crippen MR) is 104 cm³/mol. The summed E-state index contributed by atoms with van der Waals surface area (Å²) in [6.45, 7) is 7.10. The maximum Gasteiger partial charge on any atom is 0.339 e. The Kier molecular flexibility index (Phi) is 6.98. The smallest absolute Gasteiger partial charge is 0.339 e. The molecular weight excluding hydrogens is 370 g/mol. The van der Waals surface area contributed by atoms with Gasteiger partial charge in [-0.05, 0) is 6.42 Å². The summed E-state index contributed by atoms with van der Waals surface area (Å²) in [4.78, 5) is 40.1. The number of hydrogen-bond acceptors (Lipinski definition) is 8. The summed E-state index contributed by atoms with van der Waals surface area (Å²) in [7, 11) is 0. The zero-order chi connectivity index (χ0) is 20.0. The number of Topliss-reactive ketones (excluding diaryl/α,β-unsaturated/α-hetero) is 1. The highest BCUT2D eigenvalue weighted by Crippen LogP contribution is 2.27. The Balaban J connectivity index is 2.24. The van der Waals surface area contributed by atoms with E-state index in [4.69, 9.17) is 14.9 Å². The number of nitrogens with zero attached hydrogens (tertiary/aromatic N) is 1. The molecule has 0 radical (unpaired) electrons. The van der Waals surface area contributed by atoms with Gasteiger partial charge in [-0.25, -0.2) is 9.79 Å². The molecule has 146 valence electrons. The summed E-state index contributed by atoms with van der Waals surface area (Å²) in [6, 6.07) is 2.20. The standard InChI is InChI=1S/C18H23N3O5S/c1-4-6-13(14-8-12(25-7-5-2)9-15(23)26-14)20-17(24)18(19)10-27-16(21-18)11(3)22/h5,8-9,13H,2,4,6-7,10,19H2,1,3H3,(H,20,24)/t13-,18+/m1/s1. The number of ether oxygens (including phenoxy) is 1. The van der Waals surface area contributed by atoms with Gasteiger partial charge in [-0.15, -0.1) is 0 Å². The van der Waals surface area contributed by atoms with E-state index < -0.39 is 23.2 Å². The van der Waals surface area contributed by atoms with Crippen LogP contribution in [0.5, 0.6) is 5.75 Å². The van der Waals surface area contributed by atoms with E-state index in [-0.39, 0.29) is 28.9 Å². The van der Waals surface area contributed by atoms with E-state index in [1.54, 1.807) is 12.1 Å². The molecule has 0 bridgehead atoms. The molecule has 0 aliphatic carbocycles. The quantitative estimate of drug-likeness (QED) is 0.610. The van der Waals surface area contributed by atoms with E-state index in [9.17, 15) is 14.4 Å². The minimum atomic E-state index is -1.53. The predicted octanol–water partition coefficient (Wildman–Crippen LogP) is 1.55. The molecule has 2 heterocycles. The van der Waals surface area contributed by atoms with Crippen LogP contribution in [0.15, 0.2) is 39.0 Å². The van der Waals surface area contributed by atoms with Crippen LogP contribution in [0.25, 0.3) is 0 Å². The molecule has 8 nitrogen and oxygen atoms in total. The highest BCUT2D eigenvalue weighted by Gasteiger charge is 2.41. The normalized spacial score (nSPS) is 19.9. The number of nitrogens with two attached hydrogens (primary N) is 1. The lowest BCUT2D eigenvalue weighted by molar-refractivity contribution is -0.126. The first kappa shape index (κ1) is 20.9. The molecule has 1 aliphatic heterocycles. The van der Waals surface area contributed by atoms with Crippen molar-refractivity contribution in [2.24, 2.45) is 10.7 Å². The van der Waals surface area contributed by atoms with Crippen LogP contribution in [-0.2, 0) is 9.59 Å². The molecule has 1 aromatic heterocycles. The first-order valence-electron chi connectivity index (χ1n) is 8.51. The number of nitrogens with one attached hydrogen (secondary N) is 1. The lowest BCUT2D eigenvalue weighted by atomic mass is 10.1. The van der Waals surface area contributed by atoms with E-state index in [0.29, 0.717) is 12.2 Å². The highest BCUT2D eigenvalue weighted by molar-refractivity contribution is 8.16. The number of thioether (sulfide) groups is 1. The van der Waals surface area contributed by atoms with Gasteiger partial charge in [-0.1, -0.05) is 37.8 Å². The zero-order valence-corrected chi connectivity index (χ0v) is 16.1. The van der Waals surface area contributed by atoms with Crippen molar-refractivity contribution in [3.05, 3.63) is 41.0 Å². The van der Waals surface area contributed by atoms with E-state index in [2.05, 4.69) is 16.9 Å². The Morgan fingerprint density at radius 3 is 2.89 bits per heavy atom. The second-order valence-electron chi connectivity index (χ2n) is 6.11. The van der Waals surface area contributed by atoms with Crippen molar-refractivity contribution in [1.82, 2.24) is 5.32 Å². The molecule has 2 rings (SSSR count). The molecule has 27 heavy (non-hydrogen) atoms. The van der Waals surface area contributed by atoms with Gasteiger partial charge in [-0.3, -0.25) is 15.3 Å². The summed E-state index contributed by atoms with van der Waals surface area (Å²) in [5.41, 5.74) is 3.96. The minimum Gasteiger partial charge on any atom is -0.489 e. The van der Waals surface area contributed by atoms with Crippen molar-refractivity contribution in [1.29, 1.82) is 0 Å². The van der Waals surface area contributed by atoms with Gasteiger partial charge in [-0.2, -0.15) is 0 Å². The Labute approximate surface area is 161 Å². The van der Waals surface area contributed by atoms with Crippen LogP contribution in [0.4, 0.5) is 0 Å². The van der Waals surface area contributed by atoms with Crippen molar-refractivity contribution in [3.8, 4) is 5.75 Å². The molecule has 1 aromatic rings. The van der Waals surface area contributed by atoms with Gasteiger partial charge in [0.15, 0.2) is 11.4 Å². The Morgan fingerprint density at radius 1 is 1.56 bits per heavy atom. The Bertz CT molecular complexity index is 819. The van der Waals surface area contributed by atoms with E-state index in [1.165, 1.54) is 13.0 Å². The summed E-state index contributed by atoms with van der Waals surface area (Å²) in [5.74, 6) is -0.0129. The number of rotatable bonds is 9. The fourth-order valence-corrected chi connectivity index (χ4v) is 3.44. The van der Waals surface area contributed by atoms with Crippen molar-refractivity contribution >= 4 is 28.5 Å². The number of ketones is 1. The van der Waals surface area contributed by atoms with E-state index in [1.807, 2.05) is 6.92 Å². The van der Waals surface area contributed by atoms with Crippen molar-refractivity contribution in [2.75, 3.05) is 12.4 Å². The Morgan fingerprint density at radius 2 is 2.30 bits per heavy atom. The zero-order valence-electron chi connectivity index (χ0n) is 15.3. The summed E-state index contributed by atoms with van der Waals surface area (Å²) in [6.07, 6.45) is 2.80. The van der Waals surface area contributed by atoms with Gasteiger partial charge < -0.3 is 14.5 Å². The van der Waals surface area contributed by atoms with Crippen molar-refractivity contribution < 1.29 is 18.7 Å². The van der Waals surface area contributed by atoms with Gasteiger partial charge in [0.25, 0.3) is 5.91 Å². The summed E-state index contributed by atoms with van der Waals surface area (Å²) in [5, 5.41) is 3.01. The van der Waals surface area contributed by atoms with Crippen LogP contribution >= 0.6 is 11.8 Å². The molecule has 2 atom stereocenters. The van der Waals surface area contributed by atoms with Crippen LogP contribution in [0.3, 0.4) is 0 Å². The van der Waals surface area contributed by atoms with E-state index in [0.717, 1.165) is 18.2 Å².